The van der Waals surface area contributed by atoms with Crippen molar-refractivity contribution in [3.63, 3.8) is 0 Å². The Kier molecular flexibility index (Phi) is 4.21. The summed E-state index contributed by atoms with van der Waals surface area (Å²) in [5.74, 6) is 1.60. The molecule has 2 unspecified atom stereocenters. The van der Waals surface area contributed by atoms with Crippen molar-refractivity contribution in [3.05, 3.63) is 22.8 Å². The molecule has 2 N–H and O–H groups in total. The lowest BCUT2D eigenvalue weighted by molar-refractivity contribution is 0.141. The number of hydrogen-bond acceptors (Lipinski definition) is 4. The van der Waals surface area contributed by atoms with E-state index >= 15 is 0 Å². The number of rotatable bonds is 4. The number of aliphatic hydroxyl groups is 1. The van der Waals surface area contributed by atoms with Crippen LogP contribution in [0.5, 0.6) is 0 Å². The Morgan fingerprint density at radius 3 is 2.90 bits per heavy atom. The third-order valence-electron chi connectivity index (χ3n) is 4.12. The lowest BCUT2D eigenvalue weighted by Gasteiger charge is -2.30. The van der Waals surface area contributed by atoms with E-state index in [0.717, 1.165) is 23.1 Å². The first kappa shape index (κ1) is 13.8. The second kappa shape index (κ2) is 6.10. The molecule has 108 valence electrons. The smallest absolute Gasteiger partial charge is 0.243 e. The second-order valence-corrected chi connectivity index (χ2v) is 6.37. The van der Waals surface area contributed by atoms with Crippen LogP contribution in [0.4, 0.5) is 5.95 Å². The average Bonchev–Trinajstić information content (AvgIpc) is 2.87. The van der Waals surface area contributed by atoms with Crippen molar-refractivity contribution in [1.29, 1.82) is 0 Å². The molecular formula is C14H19BrN4O. The summed E-state index contributed by atoms with van der Waals surface area (Å²) >= 11 is 3.42. The molecular weight excluding hydrogens is 320 g/mol. The van der Waals surface area contributed by atoms with Gasteiger partial charge in [0.2, 0.25) is 5.95 Å². The molecule has 1 aliphatic rings. The van der Waals surface area contributed by atoms with Crippen LogP contribution in [0.25, 0.3) is 5.65 Å². The molecule has 5 nitrogen and oxygen atoms in total. The monoisotopic (exact) mass is 338 g/mol. The minimum atomic E-state index is 0.290. The molecule has 6 heteroatoms. The van der Waals surface area contributed by atoms with Crippen LogP contribution in [0.15, 0.2) is 22.8 Å². The minimum Gasteiger partial charge on any atom is -0.396 e. The summed E-state index contributed by atoms with van der Waals surface area (Å²) < 4.78 is 2.74. The van der Waals surface area contributed by atoms with Gasteiger partial charge in [0, 0.05) is 23.8 Å². The van der Waals surface area contributed by atoms with Crippen LogP contribution in [0.2, 0.25) is 0 Å². The SMILES string of the molecule is OCC1CCCCC1CNc1nc2ccc(Br)cn2n1. The van der Waals surface area contributed by atoms with Gasteiger partial charge < -0.3 is 10.4 Å². The number of hydrogen-bond donors (Lipinski definition) is 2. The Labute approximate surface area is 126 Å². The highest BCUT2D eigenvalue weighted by molar-refractivity contribution is 9.10. The van der Waals surface area contributed by atoms with Crippen molar-refractivity contribution in [2.45, 2.75) is 25.7 Å². The van der Waals surface area contributed by atoms with Gasteiger partial charge in [-0.25, -0.2) is 4.52 Å². The molecule has 0 bridgehead atoms. The number of halogens is 1. The first-order valence-electron chi connectivity index (χ1n) is 7.13. The van der Waals surface area contributed by atoms with Gasteiger partial charge in [0.25, 0.3) is 0 Å². The fourth-order valence-corrected chi connectivity index (χ4v) is 3.27. The fourth-order valence-electron chi connectivity index (χ4n) is 2.95. The van der Waals surface area contributed by atoms with Gasteiger partial charge in [-0.2, -0.15) is 4.98 Å². The predicted molar refractivity (Wildman–Crippen MR) is 81.7 cm³/mol. The standard InChI is InChI=1S/C14H19BrN4O/c15-12-5-6-13-17-14(18-19(13)8-12)16-7-10-3-1-2-4-11(10)9-20/h5-6,8,10-11,20H,1-4,7,9H2,(H,16,18). The van der Waals surface area contributed by atoms with E-state index in [9.17, 15) is 5.11 Å². The number of nitrogens with zero attached hydrogens (tertiary/aromatic N) is 3. The molecule has 2 aromatic heterocycles. The maximum atomic E-state index is 9.44. The van der Waals surface area contributed by atoms with E-state index in [1.165, 1.54) is 19.3 Å². The summed E-state index contributed by atoms with van der Waals surface area (Å²) in [6, 6.07) is 3.89. The maximum absolute atomic E-state index is 9.44. The van der Waals surface area contributed by atoms with Crippen LogP contribution in [-0.2, 0) is 0 Å². The van der Waals surface area contributed by atoms with Gasteiger partial charge in [-0.1, -0.05) is 12.8 Å². The van der Waals surface area contributed by atoms with Crippen molar-refractivity contribution in [2.24, 2.45) is 11.8 Å². The summed E-state index contributed by atoms with van der Waals surface area (Å²) in [5.41, 5.74) is 0.832. The van der Waals surface area contributed by atoms with Gasteiger partial charge in [0.15, 0.2) is 5.65 Å². The van der Waals surface area contributed by atoms with Crippen molar-refractivity contribution < 1.29 is 5.11 Å². The van der Waals surface area contributed by atoms with Gasteiger partial charge in [0.1, 0.15) is 0 Å². The molecule has 3 rings (SSSR count). The highest BCUT2D eigenvalue weighted by atomic mass is 79.9. The van der Waals surface area contributed by atoms with E-state index in [4.69, 9.17) is 0 Å². The lowest BCUT2D eigenvalue weighted by atomic mass is 9.80. The van der Waals surface area contributed by atoms with Crippen LogP contribution in [0.1, 0.15) is 25.7 Å². The minimum absolute atomic E-state index is 0.290. The zero-order valence-corrected chi connectivity index (χ0v) is 12.9. The van der Waals surface area contributed by atoms with Crippen molar-refractivity contribution in [1.82, 2.24) is 14.6 Å². The molecule has 0 amide bonds. The quantitative estimate of drug-likeness (QED) is 0.899. The zero-order chi connectivity index (χ0) is 13.9. The van der Waals surface area contributed by atoms with Crippen molar-refractivity contribution in [3.8, 4) is 0 Å². The van der Waals surface area contributed by atoms with Gasteiger partial charge in [0.05, 0.1) is 0 Å². The fraction of sp³-hybridized carbons (Fsp3) is 0.571. The summed E-state index contributed by atoms with van der Waals surface area (Å²) in [6.45, 7) is 1.13. The topological polar surface area (TPSA) is 62.5 Å². The van der Waals surface area contributed by atoms with Crippen LogP contribution >= 0.6 is 15.9 Å². The third-order valence-corrected chi connectivity index (χ3v) is 4.59. The van der Waals surface area contributed by atoms with E-state index in [2.05, 4.69) is 31.3 Å². The van der Waals surface area contributed by atoms with Crippen LogP contribution in [-0.4, -0.2) is 32.9 Å². The van der Waals surface area contributed by atoms with E-state index < -0.39 is 0 Å². The highest BCUT2D eigenvalue weighted by Crippen LogP contribution is 2.29. The second-order valence-electron chi connectivity index (χ2n) is 5.45. The molecule has 1 fully saturated rings. The number of fused-ring (bicyclic) bond motifs is 1. The summed E-state index contributed by atoms with van der Waals surface area (Å²) in [4.78, 5) is 4.45. The Morgan fingerprint density at radius 2 is 2.10 bits per heavy atom. The van der Waals surface area contributed by atoms with Crippen LogP contribution in [0.3, 0.4) is 0 Å². The Morgan fingerprint density at radius 1 is 1.30 bits per heavy atom. The molecule has 2 heterocycles. The van der Waals surface area contributed by atoms with Gasteiger partial charge in [-0.05, 0) is 52.7 Å². The Bertz CT molecular complexity index is 586. The number of anilines is 1. The molecule has 0 radical (unpaired) electrons. The average molecular weight is 339 g/mol. The summed E-state index contributed by atoms with van der Waals surface area (Å²) in [5, 5.41) is 17.2. The molecule has 0 spiro atoms. The van der Waals surface area contributed by atoms with E-state index in [0.29, 0.717) is 17.8 Å². The van der Waals surface area contributed by atoms with Crippen LogP contribution in [0, 0.1) is 11.8 Å². The third kappa shape index (κ3) is 2.96. The van der Waals surface area contributed by atoms with Gasteiger partial charge in [-0.15, -0.1) is 5.10 Å². The van der Waals surface area contributed by atoms with E-state index in [1.54, 1.807) is 4.52 Å². The molecule has 0 saturated heterocycles. The maximum Gasteiger partial charge on any atom is 0.243 e. The molecule has 20 heavy (non-hydrogen) atoms. The van der Waals surface area contributed by atoms with E-state index in [1.807, 2.05) is 18.3 Å². The number of aliphatic hydroxyl groups excluding tert-OH is 1. The molecule has 1 aliphatic carbocycles. The molecule has 1 saturated carbocycles. The van der Waals surface area contributed by atoms with Gasteiger partial charge in [-0.3, -0.25) is 0 Å². The zero-order valence-electron chi connectivity index (χ0n) is 11.3. The Hall–Kier alpha value is -1.14. The molecule has 0 aliphatic heterocycles. The molecule has 2 atom stereocenters. The summed E-state index contributed by atoms with van der Waals surface area (Å²) in [7, 11) is 0. The number of pyridine rings is 1. The highest BCUT2D eigenvalue weighted by Gasteiger charge is 2.24. The number of nitrogens with one attached hydrogen (secondary N) is 1. The van der Waals surface area contributed by atoms with Gasteiger partial charge >= 0.3 is 0 Å². The number of aromatic nitrogens is 3. The predicted octanol–water partition coefficient (Wildman–Crippen LogP) is 2.70. The first-order valence-corrected chi connectivity index (χ1v) is 7.92. The largest absolute Gasteiger partial charge is 0.396 e. The van der Waals surface area contributed by atoms with Crippen LogP contribution < -0.4 is 5.32 Å². The molecule has 2 aromatic rings. The normalized spacial score (nSPS) is 23.1. The van der Waals surface area contributed by atoms with E-state index in [-0.39, 0.29) is 6.61 Å². The summed E-state index contributed by atoms with van der Waals surface area (Å²) in [6.07, 6.45) is 6.70. The Balaban J connectivity index is 1.67. The van der Waals surface area contributed by atoms with Crippen molar-refractivity contribution >= 4 is 27.5 Å². The lowest BCUT2D eigenvalue weighted by Crippen LogP contribution is -2.28. The molecule has 0 aromatic carbocycles. The first-order chi connectivity index (χ1) is 9.76. The van der Waals surface area contributed by atoms with Crippen molar-refractivity contribution in [2.75, 3.05) is 18.5 Å².